The lowest BCUT2D eigenvalue weighted by Gasteiger charge is -2.25. The molecule has 1 aliphatic carbocycles. The molecule has 2 atom stereocenters. The summed E-state index contributed by atoms with van der Waals surface area (Å²) in [6, 6.07) is 9.17. The molecule has 154 valence electrons. The minimum absolute atomic E-state index is 0.170. The van der Waals surface area contributed by atoms with Crippen LogP contribution in [-0.2, 0) is 25.4 Å². The van der Waals surface area contributed by atoms with E-state index in [1.54, 1.807) is 21.1 Å². The molecular weight excluding hydrogens is 402 g/mol. The summed E-state index contributed by atoms with van der Waals surface area (Å²) in [5.41, 5.74) is -1.49. The highest BCUT2D eigenvalue weighted by Crippen LogP contribution is 2.61. The molecular formula is C18H25N3O5S2. The average Bonchev–Trinajstić information content (AvgIpc) is 3.28. The highest BCUT2D eigenvalue weighted by molar-refractivity contribution is 8.11. The van der Waals surface area contributed by atoms with Gasteiger partial charge in [-0.05, 0) is 31.9 Å². The molecule has 2 amide bonds. The number of methoxy groups -OCH3 is 1. The maximum absolute atomic E-state index is 13.4. The lowest BCUT2D eigenvalue weighted by atomic mass is 9.92. The standard InChI is InChI=1S/C18H25N3O5S2/c1-17(14-9-5-4-6-10-14)13-18(17,20-28(24)25)15(22)21(16(23)27-19-2)11-7-8-12-26-3/h4-6,9-10,19H,7-8,11-13H2,1-3H3. The quantitative estimate of drug-likeness (QED) is 0.476. The third kappa shape index (κ3) is 4.62. The number of imide groups is 1. The first-order valence-electron chi connectivity index (χ1n) is 8.88. The van der Waals surface area contributed by atoms with Crippen molar-refractivity contribution in [1.82, 2.24) is 9.62 Å². The Balaban J connectivity index is 2.37. The first-order valence-corrected chi connectivity index (χ1v) is 10.7. The van der Waals surface area contributed by atoms with Crippen molar-refractivity contribution in [2.24, 2.45) is 4.36 Å². The molecule has 1 saturated carbocycles. The van der Waals surface area contributed by atoms with Gasteiger partial charge in [-0.15, -0.1) is 0 Å². The van der Waals surface area contributed by atoms with E-state index >= 15 is 0 Å². The van der Waals surface area contributed by atoms with Crippen molar-refractivity contribution in [3.05, 3.63) is 35.9 Å². The van der Waals surface area contributed by atoms with Gasteiger partial charge in [-0.25, -0.2) is 0 Å². The SMILES string of the molecule is CNSC(=O)N(CCCCOC)C(=O)C1(N=S(=O)=O)CC1(C)c1ccccc1. The molecule has 28 heavy (non-hydrogen) atoms. The van der Waals surface area contributed by atoms with Gasteiger partial charge in [0.1, 0.15) is 0 Å². The first-order chi connectivity index (χ1) is 13.3. The zero-order valence-corrected chi connectivity index (χ0v) is 17.8. The van der Waals surface area contributed by atoms with Gasteiger partial charge in [-0.2, -0.15) is 12.8 Å². The third-order valence-corrected chi connectivity index (χ3v) is 6.09. The number of hydrogen-bond donors (Lipinski definition) is 1. The summed E-state index contributed by atoms with van der Waals surface area (Å²) in [7, 11) is 0.377. The number of hydrogen-bond acceptors (Lipinski definition) is 8. The van der Waals surface area contributed by atoms with Crippen LogP contribution < -0.4 is 4.72 Å². The molecule has 0 spiro atoms. The summed E-state index contributed by atoms with van der Waals surface area (Å²) in [6.45, 7) is 2.48. The number of benzene rings is 1. The van der Waals surface area contributed by atoms with Crippen molar-refractivity contribution in [1.29, 1.82) is 0 Å². The summed E-state index contributed by atoms with van der Waals surface area (Å²) >= 11 is 0.780. The van der Waals surface area contributed by atoms with E-state index in [1.165, 1.54) is 0 Å². The Morgan fingerprint density at radius 3 is 2.54 bits per heavy atom. The van der Waals surface area contributed by atoms with Crippen LogP contribution in [0, 0.1) is 0 Å². The molecule has 1 N–H and O–H groups in total. The van der Waals surface area contributed by atoms with E-state index in [2.05, 4.69) is 9.08 Å². The molecule has 1 fully saturated rings. The van der Waals surface area contributed by atoms with Crippen LogP contribution in [0.3, 0.4) is 0 Å². The number of unbranched alkanes of at least 4 members (excludes halogenated alkanes) is 1. The number of nitrogens with one attached hydrogen (secondary N) is 1. The van der Waals surface area contributed by atoms with Crippen LogP contribution in [0.25, 0.3) is 0 Å². The van der Waals surface area contributed by atoms with Gasteiger partial charge < -0.3 is 4.74 Å². The maximum Gasteiger partial charge on any atom is 0.312 e. The van der Waals surface area contributed by atoms with E-state index in [0.717, 1.165) is 22.4 Å². The minimum atomic E-state index is -2.78. The van der Waals surface area contributed by atoms with Crippen molar-refractivity contribution in [2.75, 3.05) is 27.3 Å². The van der Waals surface area contributed by atoms with Crippen LogP contribution in [-0.4, -0.2) is 57.3 Å². The highest BCUT2D eigenvalue weighted by Gasteiger charge is 2.72. The van der Waals surface area contributed by atoms with Crippen molar-refractivity contribution < 1.29 is 22.7 Å². The number of carbonyl (C=O) groups is 2. The summed E-state index contributed by atoms with van der Waals surface area (Å²) in [6.07, 6.45) is 1.45. The summed E-state index contributed by atoms with van der Waals surface area (Å²) in [5, 5.41) is -0.488. The first kappa shape index (κ1) is 22.5. The van der Waals surface area contributed by atoms with Crippen molar-refractivity contribution in [2.45, 2.75) is 37.1 Å². The zero-order valence-electron chi connectivity index (χ0n) is 16.2. The van der Waals surface area contributed by atoms with E-state index in [9.17, 15) is 18.0 Å². The van der Waals surface area contributed by atoms with Crippen LogP contribution in [0.4, 0.5) is 4.79 Å². The Morgan fingerprint density at radius 2 is 1.96 bits per heavy atom. The largest absolute Gasteiger partial charge is 0.385 e. The fraction of sp³-hybridized carbons (Fsp3) is 0.556. The van der Waals surface area contributed by atoms with Crippen molar-refractivity contribution >= 4 is 33.6 Å². The molecule has 0 heterocycles. The zero-order chi connectivity index (χ0) is 20.8. The van der Waals surface area contributed by atoms with Gasteiger partial charge in [0.15, 0.2) is 5.54 Å². The topological polar surface area (TPSA) is 105 Å². The maximum atomic E-state index is 13.4. The fourth-order valence-corrected chi connectivity index (χ4v) is 4.44. The van der Waals surface area contributed by atoms with Gasteiger partial charge in [0.25, 0.3) is 5.91 Å². The highest BCUT2D eigenvalue weighted by atomic mass is 32.2. The lowest BCUT2D eigenvalue weighted by Crippen LogP contribution is -2.46. The molecule has 0 bridgehead atoms. The monoisotopic (exact) mass is 427 g/mol. The number of rotatable bonds is 9. The molecule has 2 unspecified atom stereocenters. The Morgan fingerprint density at radius 1 is 1.29 bits per heavy atom. The van der Waals surface area contributed by atoms with Gasteiger partial charge in [-0.1, -0.05) is 37.3 Å². The Bertz CT molecular complexity index is 838. The van der Waals surface area contributed by atoms with Crippen LogP contribution in [0.15, 0.2) is 34.7 Å². The second kappa shape index (κ2) is 9.64. The summed E-state index contributed by atoms with van der Waals surface area (Å²) < 4.78 is 34.3. The van der Waals surface area contributed by atoms with E-state index in [1.807, 2.05) is 30.3 Å². The van der Waals surface area contributed by atoms with Crippen molar-refractivity contribution in [3.8, 4) is 0 Å². The summed E-state index contributed by atoms with van der Waals surface area (Å²) in [4.78, 5) is 27.0. The second-order valence-electron chi connectivity index (χ2n) is 6.77. The second-order valence-corrected chi connectivity index (χ2v) is 8.35. The van der Waals surface area contributed by atoms with Gasteiger partial charge in [0, 0.05) is 37.6 Å². The van der Waals surface area contributed by atoms with Gasteiger partial charge in [0.05, 0.1) is 0 Å². The van der Waals surface area contributed by atoms with E-state index in [0.29, 0.717) is 19.4 Å². The van der Waals surface area contributed by atoms with Crippen LogP contribution in [0.2, 0.25) is 0 Å². The predicted molar refractivity (Wildman–Crippen MR) is 107 cm³/mol. The molecule has 0 radical (unpaired) electrons. The lowest BCUT2D eigenvalue weighted by molar-refractivity contribution is -0.130. The van der Waals surface area contributed by atoms with Gasteiger partial charge >= 0.3 is 15.7 Å². The van der Waals surface area contributed by atoms with Gasteiger partial charge in [0.2, 0.25) is 0 Å². The van der Waals surface area contributed by atoms with Crippen molar-refractivity contribution in [3.63, 3.8) is 0 Å². The molecule has 0 aromatic heterocycles. The van der Waals surface area contributed by atoms with E-state index in [4.69, 9.17) is 4.74 Å². The average molecular weight is 428 g/mol. The number of ether oxygens (including phenoxy) is 1. The van der Waals surface area contributed by atoms with Crippen LogP contribution >= 0.6 is 11.9 Å². The molecule has 0 aliphatic heterocycles. The molecule has 1 aliphatic rings. The molecule has 0 saturated heterocycles. The Hall–Kier alpha value is -1.75. The van der Waals surface area contributed by atoms with E-state index < -0.39 is 32.6 Å². The molecule has 8 nitrogen and oxygen atoms in total. The number of amides is 2. The van der Waals surface area contributed by atoms with E-state index in [-0.39, 0.29) is 13.0 Å². The smallest absolute Gasteiger partial charge is 0.312 e. The molecule has 10 heteroatoms. The Labute approximate surface area is 170 Å². The number of nitrogens with zero attached hydrogens (tertiary/aromatic N) is 2. The van der Waals surface area contributed by atoms with Crippen LogP contribution in [0.5, 0.6) is 0 Å². The van der Waals surface area contributed by atoms with Gasteiger partial charge in [-0.3, -0.25) is 19.2 Å². The van der Waals surface area contributed by atoms with Crippen LogP contribution in [0.1, 0.15) is 31.7 Å². The Kier molecular flexibility index (Phi) is 7.76. The third-order valence-electron chi connectivity index (χ3n) is 5.03. The molecule has 2 rings (SSSR count). The minimum Gasteiger partial charge on any atom is -0.385 e. The molecule has 1 aromatic carbocycles. The fourth-order valence-electron chi connectivity index (χ4n) is 3.38. The summed E-state index contributed by atoms with van der Waals surface area (Å²) in [5.74, 6) is -0.590. The normalized spacial score (nSPS) is 23.1. The predicted octanol–water partition coefficient (Wildman–Crippen LogP) is 2.39. The number of carbonyl (C=O) groups excluding carboxylic acids is 2. The molecule has 1 aromatic rings.